The Morgan fingerprint density at radius 2 is 1.47 bits per heavy atom. The number of anilines is 1. The molecule has 0 aromatic heterocycles. The van der Waals surface area contributed by atoms with E-state index in [0.717, 1.165) is 17.5 Å². The summed E-state index contributed by atoms with van der Waals surface area (Å²) in [5, 5.41) is 3.02. The van der Waals surface area contributed by atoms with Gasteiger partial charge in [-0.25, -0.2) is 8.42 Å². The fourth-order valence-corrected chi connectivity index (χ4v) is 5.47. The zero-order valence-electron chi connectivity index (χ0n) is 19.1. The molecule has 2 aromatic carbocycles. The van der Waals surface area contributed by atoms with Crippen molar-refractivity contribution in [3.63, 3.8) is 0 Å². The van der Waals surface area contributed by atoms with E-state index in [9.17, 15) is 13.2 Å². The van der Waals surface area contributed by atoms with Crippen LogP contribution in [-0.4, -0.2) is 26.4 Å². The molecule has 0 unspecified atom stereocenters. The lowest BCUT2D eigenvalue weighted by molar-refractivity contribution is -0.121. The molecule has 0 saturated carbocycles. The molecule has 0 aliphatic carbocycles. The molecule has 6 heteroatoms. The molecule has 0 aliphatic rings. The van der Waals surface area contributed by atoms with Crippen molar-refractivity contribution in [2.75, 3.05) is 10.8 Å². The van der Waals surface area contributed by atoms with Gasteiger partial charge >= 0.3 is 0 Å². The van der Waals surface area contributed by atoms with Gasteiger partial charge < -0.3 is 5.32 Å². The summed E-state index contributed by atoms with van der Waals surface area (Å²) >= 11 is 0. The molecule has 0 bridgehead atoms. The van der Waals surface area contributed by atoms with Gasteiger partial charge in [-0.3, -0.25) is 9.10 Å². The highest BCUT2D eigenvalue weighted by atomic mass is 32.2. The minimum absolute atomic E-state index is 0.0280. The zero-order valence-corrected chi connectivity index (χ0v) is 19.9. The number of hydrogen-bond acceptors (Lipinski definition) is 3. The summed E-state index contributed by atoms with van der Waals surface area (Å²) in [7, 11) is -3.90. The second-order valence-electron chi connectivity index (χ2n) is 9.84. The van der Waals surface area contributed by atoms with Gasteiger partial charge in [-0.05, 0) is 74.9 Å². The quantitative estimate of drug-likeness (QED) is 0.684. The van der Waals surface area contributed by atoms with Crippen LogP contribution in [0, 0.1) is 19.3 Å². The third kappa shape index (κ3) is 6.59. The third-order valence-electron chi connectivity index (χ3n) is 4.56. The van der Waals surface area contributed by atoms with E-state index < -0.39 is 15.6 Å². The zero-order chi connectivity index (χ0) is 22.7. The first-order chi connectivity index (χ1) is 13.7. The normalized spacial score (nSPS) is 12.5. The third-order valence-corrected chi connectivity index (χ3v) is 6.35. The molecular weight excluding hydrogens is 396 g/mol. The number of nitrogens with one attached hydrogen (secondary N) is 1. The van der Waals surface area contributed by atoms with Crippen LogP contribution in [0.4, 0.5) is 5.69 Å². The Bertz CT molecular complexity index is 971. The first-order valence-electron chi connectivity index (χ1n) is 10.2. The van der Waals surface area contributed by atoms with Crippen molar-refractivity contribution in [3.05, 3.63) is 59.7 Å². The Morgan fingerprint density at radius 3 is 1.97 bits per heavy atom. The van der Waals surface area contributed by atoms with Crippen LogP contribution in [0.25, 0.3) is 0 Å². The predicted octanol–water partition coefficient (Wildman–Crippen LogP) is 4.83. The number of rotatable bonds is 7. The average molecular weight is 431 g/mol. The molecule has 0 atom stereocenters. The summed E-state index contributed by atoms with van der Waals surface area (Å²) < 4.78 is 28.1. The van der Waals surface area contributed by atoms with Crippen molar-refractivity contribution in [3.8, 4) is 0 Å². The van der Waals surface area contributed by atoms with Gasteiger partial charge in [0, 0.05) is 5.54 Å². The molecule has 1 amide bonds. The van der Waals surface area contributed by atoms with Gasteiger partial charge in [0.1, 0.15) is 6.54 Å². The largest absolute Gasteiger partial charge is 0.350 e. The van der Waals surface area contributed by atoms with E-state index in [1.54, 1.807) is 42.5 Å². The van der Waals surface area contributed by atoms with E-state index in [-0.39, 0.29) is 22.8 Å². The maximum absolute atomic E-state index is 13.4. The molecule has 30 heavy (non-hydrogen) atoms. The molecule has 0 radical (unpaired) electrons. The molecule has 0 heterocycles. The molecule has 5 nitrogen and oxygen atoms in total. The number of carbonyl (C=O) groups is 1. The highest BCUT2D eigenvalue weighted by molar-refractivity contribution is 7.92. The lowest BCUT2D eigenvalue weighted by Crippen LogP contribution is -2.50. The number of benzene rings is 2. The van der Waals surface area contributed by atoms with E-state index in [0.29, 0.717) is 5.69 Å². The molecule has 2 rings (SSSR count). The highest BCUT2D eigenvalue weighted by Gasteiger charge is 2.31. The van der Waals surface area contributed by atoms with Crippen LogP contribution in [0.15, 0.2) is 53.4 Å². The van der Waals surface area contributed by atoms with Crippen LogP contribution in [0.3, 0.4) is 0 Å². The van der Waals surface area contributed by atoms with E-state index >= 15 is 0 Å². The van der Waals surface area contributed by atoms with Crippen molar-refractivity contribution >= 4 is 21.6 Å². The summed E-state index contributed by atoms with van der Waals surface area (Å²) in [5.41, 5.74) is 1.93. The van der Waals surface area contributed by atoms with Crippen molar-refractivity contribution in [2.45, 2.75) is 65.3 Å². The van der Waals surface area contributed by atoms with Gasteiger partial charge in [0.05, 0.1) is 10.6 Å². The van der Waals surface area contributed by atoms with Crippen LogP contribution >= 0.6 is 0 Å². The van der Waals surface area contributed by atoms with Gasteiger partial charge in [-0.15, -0.1) is 0 Å². The minimum atomic E-state index is -3.90. The fourth-order valence-electron chi connectivity index (χ4n) is 4.05. The van der Waals surface area contributed by atoms with Gasteiger partial charge in [0.2, 0.25) is 5.91 Å². The van der Waals surface area contributed by atoms with Crippen molar-refractivity contribution in [2.24, 2.45) is 5.41 Å². The second kappa shape index (κ2) is 8.80. The lowest BCUT2D eigenvalue weighted by Gasteiger charge is -2.34. The highest BCUT2D eigenvalue weighted by Crippen LogP contribution is 2.28. The van der Waals surface area contributed by atoms with E-state index in [4.69, 9.17) is 0 Å². The topological polar surface area (TPSA) is 66.5 Å². The summed E-state index contributed by atoms with van der Waals surface area (Å²) in [6.45, 7) is 13.8. The number of carbonyl (C=O) groups excluding carboxylic acids is 1. The standard InChI is InChI=1S/C24H34N2O3S/c1-18-13-19(2)15-20(14-18)26(30(28,29)21-11-9-8-10-12-21)16-22(27)25-24(6,7)17-23(3,4)5/h8-15H,16-17H2,1-7H3,(H,25,27). The molecule has 0 spiro atoms. The van der Waals surface area contributed by atoms with Crippen molar-refractivity contribution < 1.29 is 13.2 Å². The van der Waals surface area contributed by atoms with E-state index in [1.807, 2.05) is 33.8 Å². The summed E-state index contributed by atoms with van der Waals surface area (Å²) in [4.78, 5) is 13.1. The van der Waals surface area contributed by atoms with Gasteiger partial charge in [-0.2, -0.15) is 0 Å². The number of hydrogen-bond donors (Lipinski definition) is 1. The number of aryl methyl sites for hydroxylation is 2. The van der Waals surface area contributed by atoms with Crippen LogP contribution in [0.1, 0.15) is 52.2 Å². The Hall–Kier alpha value is -2.34. The van der Waals surface area contributed by atoms with Crippen molar-refractivity contribution in [1.29, 1.82) is 0 Å². The molecule has 2 aromatic rings. The summed E-state index contributed by atoms with van der Waals surface area (Å²) in [6, 6.07) is 13.8. The van der Waals surface area contributed by atoms with Crippen LogP contribution < -0.4 is 9.62 Å². The molecule has 1 N–H and O–H groups in total. The van der Waals surface area contributed by atoms with E-state index in [2.05, 4.69) is 26.1 Å². The fraction of sp³-hybridized carbons (Fsp3) is 0.458. The van der Waals surface area contributed by atoms with Crippen LogP contribution in [-0.2, 0) is 14.8 Å². The van der Waals surface area contributed by atoms with Gasteiger partial charge in [0.25, 0.3) is 10.0 Å². The molecule has 0 aliphatic heterocycles. The Balaban J connectivity index is 2.41. The molecular formula is C24H34N2O3S. The maximum Gasteiger partial charge on any atom is 0.264 e. The predicted molar refractivity (Wildman–Crippen MR) is 123 cm³/mol. The Labute approximate surface area is 181 Å². The van der Waals surface area contributed by atoms with Crippen molar-refractivity contribution in [1.82, 2.24) is 5.32 Å². The Kier molecular flexibility index (Phi) is 7.02. The SMILES string of the molecule is Cc1cc(C)cc(N(CC(=O)NC(C)(C)CC(C)(C)C)S(=O)(=O)c2ccccc2)c1. The van der Waals surface area contributed by atoms with Crippen LogP contribution in [0.5, 0.6) is 0 Å². The smallest absolute Gasteiger partial charge is 0.264 e. The Morgan fingerprint density at radius 1 is 0.933 bits per heavy atom. The summed E-state index contributed by atoms with van der Waals surface area (Å²) in [6.07, 6.45) is 0.765. The van der Waals surface area contributed by atoms with E-state index in [1.165, 1.54) is 4.31 Å². The number of amides is 1. The van der Waals surface area contributed by atoms with Gasteiger partial charge in [0.15, 0.2) is 0 Å². The monoisotopic (exact) mass is 430 g/mol. The lowest BCUT2D eigenvalue weighted by atomic mass is 9.82. The number of sulfonamides is 1. The number of nitrogens with zero attached hydrogens (tertiary/aromatic N) is 1. The second-order valence-corrected chi connectivity index (χ2v) is 11.7. The minimum Gasteiger partial charge on any atom is -0.350 e. The first kappa shape index (κ1) is 23.9. The molecule has 164 valence electrons. The molecule has 0 saturated heterocycles. The molecule has 0 fully saturated rings. The maximum atomic E-state index is 13.4. The first-order valence-corrected chi connectivity index (χ1v) is 11.6. The summed E-state index contributed by atoms with van der Waals surface area (Å²) in [5.74, 6) is -0.331. The van der Waals surface area contributed by atoms with Crippen LogP contribution in [0.2, 0.25) is 0 Å². The van der Waals surface area contributed by atoms with Gasteiger partial charge in [-0.1, -0.05) is 45.0 Å². The average Bonchev–Trinajstić information content (AvgIpc) is 2.56.